The number of rotatable bonds is 6. The molecular weight excluding hydrogens is 360 g/mol. The molecule has 1 saturated carbocycles. The summed E-state index contributed by atoms with van der Waals surface area (Å²) in [4.78, 5) is 24.9. The molecule has 0 unspecified atom stereocenters. The first-order valence-electron chi connectivity index (χ1n) is 6.85. The van der Waals surface area contributed by atoms with E-state index in [4.69, 9.17) is 11.6 Å². The lowest BCUT2D eigenvalue weighted by molar-refractivity contribution is -0.385. The van der Waals surface area contributed by atoms with Crippen LogP contribution in [0.1, 0.15) is 36.0 Å². The first kappa shape index (κ1) is 16.2. The standard InChI is InChI=1S/C14H16BrClN2O3/c15-11-7-10(8-13(9-11)18(20)21)14(19)17(6-2-5-16)12-3-1-4-12/h7-9,12H,1-6H2. The van der Waals surface area contributed by atoms with Crippen molar-refractivity contribution in [1.29, 1.82) is 0 Å². The van der Waals surface area contributed by atoms with E-state index in [1.807, 2.05) is 0 Å². The third kappa shape index (κ3) is 3.95. The van der Waals surface area contributed by atoms with Crippen LogP contribution >= 0.6 is 27.5 Å². The summed E-state index contributed by atoms with van der Waals surface area (Å²) >= 11 is 8.94. The van der Waals surface area contributed by atoms with Gasteiger partial charge in [-0.3, -0.25) is 14.9 Å². The maximum atomic E-state index is 12.7. The van der Waals surface area contributed by atoms with Crippen LogP contribution in [0.4, 0.5) is 5.69 Å². The van der Waals surface area contributed by atoms with Gasteiger partial charge in [0.1, 0.15) is 0 Å². The second-order valence-corrected chi connectivity index (χ2v) is 6.37. The van der Waals surface area contributed by atoms with Crippen molar-refractivity contribution in [1.82, 2.24) is 4.90 Å². The average molecular weight is 376 g/mol. The molecule has 1 amide bonds. The minimum Gasteiger partial charge on any atom is -0.336 e. The highest BCUT2D eigenvalue weighted by Crippen LogP contribution is 2.28. The number of nitro benzene ring substituents is 1. The topological polar surface area (TPSA) is 63.4 Å². The third-order valence-corrected chi connectivity index (χ3v) is 4.37. The van der Waals surface area contributed by atoms with Crippen LogP contribution < -0.4 is 0 Å². The van der Waals surface area contributed by atoms with Gasteiger partial charge in [-0.1, -0.05) is 15.9 Å². The molecule has 0 heterocycles. The molecule has 1 aliphatic carbocycles. The zero-order chi connectivity index (χ0) is 15.4. The molecule has 1 aromatic carbocycles. The molecular formula is C14H16BrClN2O3. The van der Waals surface area contributed by atoms with Gasteiger partial charge in [0, 0.05) is 40.6 Å². The molecule has 21 heavy (non-hydrogen) atoms. The number of hydrogen-bond acceptors (Lipinski definition) is 3. The Balaban J connectivity index is 2.24. The molecule has 0 aromatic heterocycles. The number of non-ortho nitro benzene ring substituents is 1. The summed E-state index contributed by atoms with van der Waals surface area (Å²) in [6, 6.07) is 4.59. The van der Waals surface area contributed by atoms with Crippen molar-refractivity contribution in [2.75, 3.05) is 12.4 Å². The Morgan fingerprint density at radius 2 is 2.14 bits per heavy atom. The predicted octanol–water partition coefficient (Wildman–Crippen LogP) is 3.98. The number of benzene rings is 1. The van der Waals surface area contributed by atoms with Gasteiger partial charge < -0.3 is 4.90 Å². The highest BCUT2D eigenvalue weighted by molar-refractivity contribution is 9.10. The summed E-state index contributed by atoms with van der Waals surface area (Å²) in [6.07, 6.45) is 3.82. The number of nitro groups is 1. The fourth-order valence-corrected chi connectivity index (χ4v) is 2.95. The molecule has 1 aromatic rings. The molecule has 0 N–H and O–H groups in total. The van der Waals surface area contributed by atoms with Gasteiger partial charge in [-0.25, -0.2) is 0 Å². The van der Waals surface area contributed by atoms with Gasteiger partial charge in [-0.15, -0.1) is 11.6 Å². The second kappa shape index (κ2) is 7.22. The Morgan fingerprint density at radius 3 is 2.67 bits per heavy atom. The maximum absolute atomic E-state index is 12.7. The Kier molecular flexibility index (Phi) is 5.58. The molecule has 0 atom stereocenters. The van der Waals surface area contributed by atoms with Gasteiger partial charge in [0.2, 0.25) is 0 Å². The van der Waals surface area contributed by atoms with Crippen molar-refractivity contribution in [3.05, 3.63) is 38.3 Å². The molecule has 1 aliphatic rings. The van der Waals surface area contributed by atoms with Gasteiger partial charge in [-0.05, 0) is 31.7 Å². The highest BCUT2D eigenvalue weighted by Gasteiger charge is 2.29. The lowest BCUT2D eigenvalue weighted by Crippen LogP contribution is -2.44. The molecule has 0 saturated heterocycles. The van der Waals surface area contributed by atoms with Crippen molar-refractivity contribution >= 4 is 39.1 Å². The molecule has 1 fully saturated rings. The van der Waals surface area contributed by atoms with Crippen molar-refractivity contribution in [3.8, 4) is 0 Å². The molecule has 2 rings (SSSR count). The van der Waals surface area contributed by atoms with E-state index in [1.165, 1.54) is 12.1 Å². The predicted molar refractivity (Wildman–Crippen MR) is 84.8 cm³/mol. The van der Waals surface area contributed by atoms with E-state index in [9.17, 15) is 14.9 Å². The highest BCUT2D eigenvalue weighted by atomic mass is 79.9. The lowest BCUT2D eigenvalue weighted by atomic mass is 9.90. The van der Waals surface area contributed by atoms with Crippen LogP contribution in [0.2, 0.25) is 0 Å². The van der Waals surface area contributed by atoms with Gasteiger partial charge in [0.05, 0.1) is 4.92 Å². The van der Waals surface area contributed by atoms with E-state index < -0.39 is 4.92 Å². The van der Waals surface area contributed by atoms with Crippen LogP contribution in [0, 0.1) is 10.1 Å². The van der Waals surface area contributed by atoms with Crippen LogP contribution in [0.5, 0.6) is 0 Å². The van der Waals surface area contributed by atoms with Crippen molar-refractivity contribution in [2.24, 2.45) is 0 Å². The number of halogens is 2. The number of carbonyl (C=O) groups excluding carboxylic acids is 1. The fraction of sp³-hybridized carbons (Fsp3) is 0.500. The van der Waals surface area contributed by atoms with Crippen molar-refractivity contribution in [2.45, 2.75) is 31.7 Å². The van der Waals surface area contributed by atoms with E-state index in [-0.39, 0.29) is 17.6 Å². The number of carbonyl (C=O) groups is 1. The number of hydrogen-bond donors (Lipinski definition) is 0. The van der Waals surface area contributed by atoms with Gasteiger partial charge in [-0.2, -0.15) is 0 Å². The zero-order valence-corrected chi connectivity index (χ0v) is 13.8. The maximum Gasteiger partial charge on any atom is 0.271 e. The summed E-state index contributed by atoms with van der Waals surface area (Å²) in [7, 11) is 0. The monoisotopic (exact) mass is 374 g/mol. The van der Waals surface area contributed by atoms with E-state index >= 15 is 0 Å². The van der Waals surface area contributed by atoms with Gasteiger partial charge in [0.15, 0.2) is 0 Å². The third-order valence-electron chi connectivity index (χ3n) is 3.65. The van der Waals surface area contributed by atoms with Crippen molar-refractivity contribution < 1.29 is 9.72 Å². The quantitative estimate of drug-likeness (QED) is 0.429. The number of alkyl halides is 1. The Morgan fingerprint density at radius 1 is 1.43 bits per heavy atom. The smallest absolute Gasteiger partial charge is 0.271 e. The van der Waals surface area contributed by atoms with E-state index in [0.29, 0.717) is 22.5 Å². The fourth-order valence-electron chi connectivity index (χ4n) is 2.35. The molecule has 0 aliphatic heterocycles. The number of amides is 1. The summed E-state index contributed by atoms with van der Waals surface area (Å²) in [6.45, 7) is 0.591. The lowest BCUT2D eigenvalue weighted by Gasteiger charge is -2.37. The Labute approximate surface area is 136 Å². The summed E-state index contributed by atoms with van der Waals surface area (Å²) < 4.78 is 0.533. The number of nitrogens with zero attached hydrogens (tertiary/aromatic N) is 2. The molecule has 7 heteroatoms. The van der Waals surface area contributed by atoms with Crippen LogP contribution in [0.3, 0.4) is 0 Å². The zero-order valence-electron chi connectivity index (χ0n) is 11.4. The molecule has 0 spiro atoms. The van der Waals surface area contributed by atoms with Crippen LogP contribution in [-0.4, -0.2) is 34.2 Å². The molecule has 114 valence electrons. The molecule has 5 nitrogen and oxygen atoms in total. The summed E-state index contributed by atoms with van der Waals surface area (Å²) in [5, 5.41) is 10.9. The van der Waals surface area contributed by atoms with Gasteiger partial charge in [0.25, 0.3) is 11.6 Å². The normalized spacial score (nSPS) is 14.6. The molecule has 0 radical (unpaired) electrons. The first-order valence-corrected chi connectivity index (χ1v) is 8.17. The average Bonchev–Trinajstić information content (AvgIpc) is 2.39. The minimum absolute atomic E-state index is 0.0846. The first-order chi connectivity index (χ1) is 10.0. The molecule has 0 bridgehead atoms. The minimum atomic E-state index is -0.492. The Bertz CT molecular complexity index is 549. The largest absolute Gasteiger partial charge is 0.336 e. The van der Waals surface area contributed by atoms with Crippen LogP contribution in [-0.2, 0) is 0 Å². The summed E-state index contributed by atoms with van der Waals surface area (Å²) in [5.41, 5.74) is 0.260. The van der Waals surface area contributed by atoms with Crippen LogP contribution in [0.25, 0.3) is 0 Å². The SMILES string of the molecule is O=C(c1cc(Br)cc([N+](=O)[O-])c1)N(CCCCl)C1CCC1. The van der Waals surface area contributed by atoms with Gasteiger partial charge >= 0.3 is 0 Å². The second-order valence-electron chi connectivity index (χ2n) is 5.08. The van der Waals surface area contributed by atoms with E-state index in [1.54, 1.807) is 11.0 Å². The van der Waals surface area contributed by atoms with E-state index in [2.05, 4.69) is 15.9 Å². The Hall–Kier alpha value is -1.14. The van der Waals surface area contributed by atoms with Crippen molar-refractivity contribution in [3.63, 3.8) is 0 Å². The summed E-state index contributed by atoms with van der Waals surface area (Å²) in [5.74, 6) is 0.337. The van der Waals surface area contributed by atoms with Crippen LogP contribution in [0.15, 0.2) is 22.7 Å². The van der Waals surface area contributed by atoms with E-state index in [0.717, 1.165) is 25.7 Å².